The van der Waals surface area contributed by atoms with E-state index in [1.54, 1.807) is 0 Å². The predicted molar refractivity (Wildman–Crippen MR) is 41.4 cm³/mol. The molecule has 0 aromatic heterocycles. The van der Waals surface area contributed by atoms with E-state index >= 15 is 0 Å². The third-order valence-electron chi connectivity index (χ3n) is 0.914. The Bertz CT molecular complexity index is 256. The molecule has 13 heavy (non-hydrogen) atoms. The fraction of sp³-hybridized carbons (Fsp3) is 0.167. The number of hydrogen-bond acceptors (Lipinski definition) is 3. The van der Waals surface area contributed by atoms with Gasteiger partial charge in [0, 0.05) is 35.6 Å². The molecular formula is C6H6NaO6. The molecule has 0 fully saturated rings. The van der Waals surface area contributed by atoms with Crippen LogP contribution in [0.25, 0.3) is 0 Å². The quantitative estimate of drug-likeness (QED) is 0.400. The maximum Gasteiger partial charge on any atom is 0.332 e. The summed E-state index contributed by atoms with van der Waals surface area (Å²) >= 11 is 0. The molecule has 67 valence electrons. The van der Waals surface area contributed by atoms with Crippen molar-refractivity contribution in [2.24, 2.45) is 0 Å². The summed E-state index contributed by atoms with van der Waals surface area (Å²) in [5.74, 6) is -4.40. The molecular weight excluding hydrogens is 191 g/mol. The SMILES string of the molecule is O=C(O)C=C(CC(=O)O)C(=O)O.[Na]. The summed E-state index contributed by atoms with van der Waals surface area (Å²) in [6.07, 6.45) is -0.446. The molecule has 0 heterocycles. The molecule has 0 amide bonds. The van der Waals surface area contributed by atoms with Gasteiger partial charge in [-0.2, -0.15) is 0 Å². The van der Waals surface area contributed by atoms with E-state index in [0.717, 1.165) is 0 Å². The first-order valence-electron chi connectivity index (χ1n) is 2.82. The largest absolute Gasteiger partial charge is 0.481 e. The van der Waals surface area contributed by atoms with Crippen molar-refractivity contribution >= 4 is 47.5 Å². The van der Waals surface area contributed by atoms with E-state index in [4.69, 9.17) is 15.3 Å². The molecule has 0 aromatic rings. The molecule has 0 aliphatic carbocycles. The first-order chi connectivity index (χ1) is 5.43. The number of rotatable bonds is 4. The third-order valence-corrected chi connectivity index (χ3v) is 0.914. The van der Waals surface area contributed by atoms with Crippen LogP contribution < -0.4 is 0 Å². The normalized spacial score (nSPS) is 10.0. The molecule has 0 aliphatic heterocycles. The van der Waals surface area contributed by atoms with Crippen molar-refractivity contribution in [3.63, 3.8) is 0 Å². The van der Waals surface area contributed by atoms with Gasteiger partial charge < -0.3 is 15.3 Å². The van der Waals surface area contributed by atoms with Crippen molar-refractivity contribution in [2.45, 2.75) is 6.42 Å². The molecule has 0 spiro atoms. The Morgan fingerprint density at radius 2 is 1.54 bits per heavy atom. The van der Waals surface area contributed by atoms with E-state index < -0.39 is 29.9 Å². The van der Waals surface area contributed by atoms with Crippen molar-refractivity contribution in [1.82, 2.24) is 0 Å². The van der Waals surface area contributed by atoms with Crippen molar-refractivity contribution in [3.8, 4) is 0 Å². The van der Waals surface area contributed by atoms with E-state index in [9.17, 15) is 14.4 Å². The summed E-state index contributed by atoms with van der Waals surface area (Å²) in [7, 11) is 0. The number of carboxylic acids is 3. The first kappa shape index (κ1) is 14.7. The van der Waals surface area contributed by atoms with Crippen LogP contribution in [0.2, 0.25) is 0 Å². The number of hydrogen-bond donors (Lipinski definition) is 3. The van der Waals surface area contributed by atoms with Crippen molar-refractivity contribution < 1.29 is 29.7 Å². The second kappa shape index (κ2) is 6.64. The molecule has 1 radical (unpaired) electrons. The zero-order valence-electron chi connectivity index (χ0n) is 6.85. The molecule has 0 aliphatic rings. The zero-order valence-corrected chi connectivity index (χ0v) is 8.85. The topological polar surface area (TPSA) is 112 Å². The summed E-state index contributed by atoms with van der Waals surface area (Å²) < 4.78 is 0. The Labute approximate surface area is 95.2 Å². The first-order valence-corrected chi connectivity index (χ1v) is 2.82. The number of carbonyl (C=O) groups is 3. The van der Waals surface area contributed by atoms with E-state index in [0.29, 0.717) is 6.08 Å². The van der Waals surface area contributed by atoms with Crippen LogP contribution in [-0.2, 0) is 14.4 Å². The van der Waals surface area contributed by atoms with Gasteiger partial charge in [-0.3, -0.25) is 4.79 Å². The summed E-state index contributed by atoms with van der Waals surface area (Å²) in [5.41, 5.74) is -0.657. The maximum absolute atomic E-state index is 10.2. The average molecular weight is 197 g/mol. The minimum absolute atomic E-state index is 0. The van der Waals surface area contributed by atoms with Crippen LogP contribution in [0.1, 0.15) is 6.42 Å². The summed E-state index contributed by atoms with van der Waals surface area (Å²) in [6.45, 7) is 0. The summed E-state index contributed by atoms with van der Waals surface area (Å²) in [5, 5.41) is 24.5. The zero-order chi connectivity index (χ0) is 9.72. The molecule has 6 nitrogen and oxygen atoms in total. The van der Waals surface area contributed by atoms with Crippen LogP contribution in [0.15, 0.2) is 11.6 Å². The Kier molecular flexibility index (Phi) is 7.49. The molecule has 0 saturated carbocycles. The van der Waals surface area contributed by atoms with Crippen LogP contribution in [0, 0.1) is 0 Å². The molecule has 0 saturated heterocycles. The molecule has 0 bridgehead atoms. The maximum atomic E-state index is 10.2. The van der Waals surface area contributed by atoms with Crippen LogP contribution in [-0.4, -0.2) is 62.8 Å². The average Bonchev–Trinajstić information content (AvgIpc) is 1.83. The summed E-state index contributed by atoms with van der Waals surface area (Å²) in [4.78, 5) is 30.1. The van der Waals surface area contributed by atoms with E-state index in [1.807, 2.05) is 0 Å². The van der Waals surface area contributed by atoms with E-state index in [1.165, 1.54) is 0 Å². The van der Waals surface area contributed by atoms with Crippen LogP contribution in [0.4, 0.5) is 0 Å². The Morgan fingerprint density at radius 1 is 1.08 bits per heavy atom. The van der Waals surface area contributed by atoms with Crippen LogP contribution >= 0.6 is 0 Å². The van der Waals surface area contributed by atoms with Gasteiger partial charge in [0.2, 0.25) is 0 Å². The molecule has 0 rings (SSSR count). The van der Waals surface area contributed by atoms with Gasteiger partial charge in [0.05, 0.1) is 12.0 Å². The van der Waals surface area contributed by atoms with Gasteiger partial charge in [-0.15, -0.1) is 0 Å². The second-order valence-electron chi connectivity index (χ2n) is 1.88. The Morgan fingerprint density at radius 3 is 1.77 bits per heavy atom. The van der Waals surface area contributed by atoms with Crippen molar-refractivity contribution in [2.75, 3.05) is 0 Å². The number of aliphatic carboxylic acids is 3. The molecule has 0 aromatic carbocycles. The van der Waals surface area contributed by atoms with E-state index in [2.05, 4.69) is 0 Å². The fourth-order valence-corrected chi connectivity index (χ4v) is 0.500. The standard InChI is InChI=1S/C6H6O6.Na/c7-4(8)1-3(6(11)12)2-5(9)10;/h1H,2H2,(H,7,8)(H,9,10)(H,11,12);. The second-order valence-corrected chi connectivity index (χ2v) is 1.88. The Balaban J connectivity index is 0. The Hall–Kier alpha value is -0.850. The monoisotopic (exact) mass is 197 g/mol. The predicted octanol–water partition coefficient (Wildman–Crippen LogP) is -0.824. The summed E-state index contributed by atoms with van der Waals surface area (Å²) in [6, 6.07) is 0. The third kappa shape index (κ3) is 7.51. The van der Waals surface area contributed by atoms with Gasteiger partial charge in [0.25, 0.3) is 0 Å². The van der Waals surface area contributed by atoms with Gasteiger partial charge >= 0.3 is 17.9 Å². The van der Waals surface area contributed by atoms with Gasteiger partial charge in [-0.1, -0.05) is 0 Å². The van der Waals surface area contributed by atoms with Gasteiger partial charge in [-0.05, 0) is 0 Å². The van der Waals surface area contributed by atoms with E-state index in [-0.39, 0.29) is 29.6 Å². The van der Waals surface area contributed by atoms with Gasteiger partial charge in [0.1, 0.15) is 0 Å². The molecule has 7 heteroatoms. The molecule has 3 N–H and O–H groups in total. The fourth-order valence-electron chi connectivity index (χ4n) is 0.500. The van der Waals surface area contributed by atoms with Crippen LogP contribution in [0.5, 0.6) is 0 Å². The van der Waals surface area contributed by atoms with Crippen molar-refractivity contribution in [1.29, 1.82) is 0 Å². The molecule has 0 unspecified atom stereocenters. The smallest absolute Gasteiger partial charge is 0.332 e. The van der Waals surface area contributed by atoms with Gasteiger partial charge in [0.15, 0.2) is 0 Å². The number of carboxylic acid groups (broad SMARTS) is 3. The van der Waals surface area contributed by atoms with Crippen LogP contribution in [0.3, 0.4) is 0 Å². The van der Waals surface area contributed by atoms with Crippen molar-refractivity contribution in [3.05, 3.63) is 11.6 Å². The minimum Gasteiger partial charge on any atom is -0.481 e. The minimum atomic E-state index is -1.54. The molecule has 0 atom stereocenters. The van der Waals surface area contributed by atoms with Gasteiger partial charge in [-0.25, -0.2) is 9.59 Å².